The fraction of sp³-hybridized carbons (Fsp3) is 0.154. The Morgan fingerprint density at radius 1 is 1.21 bits per heavy atom. The van der Waals surface area contributed by atoms with Crippen LogP contribution < -0.4 is 9.47 Å². The van der Waals surface area contributed by atoms with Crippen LogP contribution in [0.15, 0.2) is 34.8 Å². The predicted octanol–water partition coefficient (Wildman–Crippen LogP) is 4.31. The van der Waals surface area contributed by atoms with E-state index in [9.17, 15) is 8.78 Å². The Morgan fingerprint density at radius 2 is 1.95 bits per heavy atom. The third kappa shape index (κ3) is 3.41. The number of halogens is 3. The highest BCUT2D eigenvalue weighted by molar-refractivity contribution is 9.10. The summed E-state index contributed by atoms with van der Waals surface area (Å²) in [4.78, 5) is 4.01. The summed E-state index contributed by atoms with van der Waals surface area (Å²) in [6.07, 6.45) is 0. The van der Waals surface area contributed by atoms with Gasteiger partial charge in [0, 0.05) is 16.6 Å². The van der Waals surface area contributed by atoms with E-state index in [-0.39, 0.29) is 11.6 Å². The largest absolute Gasteiger partial charge is 0.478 e. The minimum Gasteiger partial charge on any atom is -0.478 e. The smallest absolute Gasteiger partial charge is 0.222 e. The Hall–Kier alpha value is -1.69. The van der Waals surface area contributed by atoms with Gasteiger partial charge in [0.15, 0.2) is 11.6 Å². The van der Waals surface area contributed by atoms with Crippen LogP contribution >= 0.6 is 15.9 Å². The summed E-state index contributed by atoms with van der Waals surface area (Å²) in [7, 11) is 0. The molecular weight excluding hydrogens is 320 g/mol. The molecule has 1 aromatic carbocycles. The molecule has 0 radical (unpaired) electrons. The van der Waals surface area contributed by atoms with Crippen LogP contribution in [0, 0.1) is 11.6 Å². The maximum atomic E-state index is 13.5. The van der Waals surface area contributed by atoms with Gasteiger partial charge < -0.3 is 9.47 Å². The molecule has 0 atom stereocenters. The molecule has 6 heteroatoms. The standard InChI is InChI=1S/C13H10BrF2NO2/c1-2-18-11-4-3-5-12(17-11)19-10-7-8(14)6-9(15)13(10)16/h3-7H,2H2,1H3. The minimum atomic E-state index is -1.06. The molecule has 0 amide bonds. The van der Waals surface area contributed by atoms with Gasteiger partial charge in [-0.15, -0.1) is 0 Å². The zero-order valence-corrected chi connectivity index (χ0v) is 11.6. The molecule has 0 N–H and O–H groups in total. The number of aromatic nitrogens is 1. The first-order valence-corrected chi connectivity index (χ1v) is 6.31. The summed E-state index contributed by atoms with van der Waals surface area (Å²) < 4.78 is 37.5. The van der Waals surface area contributed by atoms with Crippen LogP contribution in [0.2, 0.25) is 0 Å². The van der Waals surface area contributed by atoms with Crippen LogP contribution in [0.1, 0.15) is 6.92 Å². The summed E-state index contributed by atoms with van der Waals surface area (Å²) in [5.74, 6) is -1.82. The fourth-order valence-electron chi connectivity index (χ4n) is 1.40. The summed E-state index contributed by atoms with van der Waals surface area (Å²) >= 11 is 3.07. The van der Waals surface area contributed by atoms with Gasteiger partial charge in [-0.05, 0) is 19.1 Å². The molecule has 0 fully saturated rings. The second-order valence-electron chi connectivity index (χ2n) is 3.55. The van der Waals surface area contributed by atoms with Crippen molar-refractivity contribution in [3.8, 4) is 17.5 Å². The molecular formula is C13H10BrF2NO2. The lowest BCUT2D eigenvalue weighted by Gasteiger charge is -2.08. The van der Waals surface area contributed by atoms with Crippen molar-refractivity contribution in [2.75, 3.05) is 6.61 Å². The predicted molar refractivity (Wildman–Crippen MR) is 69.5 cm³/mol. The van der Waals surface area contributed by atoms with Gasteiger partial charge in [-0.1, -0.05) is 22.0 Å². The van der Waals surface area contributed by atoms with Crippen molar-refractivity contribution in [1.29, 1.82) is 0 Å². The van der Waals surface area contributed by atoms with Crippen molar-refractivity contribution in [2.24, 2.45) is 0 Å². The number of hydrogen-bond donors (Lipinski definition) is 0. The van der Waals surface area contributed by atoms with E-state index in [4.69, 9.17) is 9.47 Å². The topological polar surface area (TPSA) is 31.4 Å². The van der Waals surface area contributed by atoms with E-state index in [1.807, 2.05) is 6.92 Å². The Bertz CT molecular complexity index is 593. The fourth-order valence-corrected chi connectivity index (χ4v) is 1.81. The van der Waals surface area contributed by atoms with Crippen molar-refractivity contribution < 1.29 is 18.3 Å². The molecule has 2 rings (SSSR count). The first-order valence-electron chi connectivity index (χ1n) is 5.52. The lowest BCUT2D eigenvalue weighted by Crippen LogP contribution is -1.97. The Kier molecular flexibility index (Phi) is 4.31. The van der Waals surface area contributed by atoms with Gasteiger partial charge in [0.2, 0.25) is 17.6 Å². The van der Waals surface area contributed by atoms with Crippen LogP contribution in [-0.2, 0) is 0 Å². The van der Waals surface area contributed by atoms with Crippen molar-refractivity contribution in [1.82, 2.24) is 4.98 Å². The highest BCUT2D eigenvalue weighted by atomic mass is 79.9. The first-order chi connectivity index (χ1) is 9.10. The van der Waals surface area contributed by atoms with Crippen molar-refractivity contribution in [2.45, 2.75) is 6.92 Å². The maximum Gasteiger partial charge on any atom is 0.222 e. The summed E-state index contributed by atoms with van der Waals surface area (Å²) in [5.41, 5.74) is 0. The molecule has 1 aromatic heterocycles. The van der Waals surface area contributed by atoms with E-state index < -0.39 is 11.6 Å². The van der Waals surface area contributed by atoms with Crippen LogP contribution in [0.4, 0.5) is 8.78 Å². The molecule has 0 spiro atoms. The van der Waals surface area contributed by atoms with Gasteiger partial charge in [-0.25, -0.2) is 4.39 Å². The van der Waals surface area contributed by atoms with Gasteiger partial charge in [0.05, 0.1) is 6.61 Å². The third-order valence-electron chi connectivity index (χ3n) is 2.16. The minimum absolute atomic E-state index is 0.127. The van der Waals surface area contributed by atoms with E-state index in [2.05, 4.69) is 20.9 Å². The first kappa shape index (κ1) is 13.7. The quantitative estimate of drug-likeness (QED) is 0.783. The Balaban J connectivity index is 2.28. The molecule has 1 heterocycles. The highest BCUT2D eigenvalue weighted by Gasteiger charge is 2.13. The zero-order valence-electron chi connectivity index (χ0n) is 9.99. The van der Waals surface area contributed by atoms with Gasteiger partial charge in [0.25, 0.3) is 0 Å². The molecule has 0 aliphatic heterocycles. The van der Waals surface area contributed by atoms with Gasteiger partial charge in [-0.3, -0.25) is 0 Å². The molecule has 0 unspecified atom stereocenters. The van der Waals surface area contributed by atoms with Crippen molar-refractivity contribution in [3.05, 3.63) is 46.4 Å². The maximum absolute atomic E-state index is 13.5. The lowest BCUT2D eigenvalue weighted by molar-refractivity contribution is 0.319. The summed E-state index contributed by atoms with van der Waals surface area (Å²) in [6, 6.07) is 7.17. The van der Waals surface area contributed by atoms with Gasteiger partial charge in [-0.2, -0.15) is 9.37 Å². The van der Waals surface area contributed by atoms with Crippen LogP contribution in [0.5, 0.6) is 17.5 Å². The number of rotatable bonds is 4. The molecule has 3 nitrogen and oxygen atoms in total. The molecule has 100 valence electrons. The van der Waals surface area contributed by atoms with E-state index in [1.54, 1.807) is 12.1 Å². The monoisotopic (exact) mass is 329 g/mol. The summed E-state index contributed by atoms with van der Waals surface area (Å²) in [5, 5.41) is 0. The Morgan fingerprint density at radius 3 is 2.68 bits per heavy atom. The normalized spacial score (nSPS) is 10.3. The second-order valence-corrected chi connectivity index (χ2v) is 4.46. The van der Waals surface area contributed by atoms with E-state index in [1.165, 1.54) is 12.1 Å². The average Bonchev–Trinajstić information content (AvgIpc) is 2.36. The summed E-state index contributed by atoms with van der Waals surface area (Å²) in [6.45, 7) is 2.27. The zero-order chi connectivity index (χ0) is 13.8. The molecule has 0 saturated carbocycles. The number of benzene rings is 1. The van der Waals surface area contributed by atoms with Gasteiger partial charge in [0.1, 0.15) is 0 Å². The molecule has 19 heavy (non-hydrogen) atoms. The number of nitrogens with zero attached hydrogens (tertiary/aromatic N) is 1. The highest BCUT2D eigenvalue weighted by Crippen LogP contribution is 2.29. The lowest BCUT2D eigenvalue weighted by atomic mass is 10.3. The van der Waals surface area contributed by atoms with Crippen LogP contribution in [0.3, 0.4) is 0 Å². The average molecular weight is 330 g/mol. The number of pyridine rings is 1. The van der Waals surface area contributed by atoms with Crippen LogP contribution in [-0.4, -0.2) is 11.6 Å². The van der Waals surface area contributed by atoms with Crippen molar-refractivity contribution >= 4 is 15.9 Å². The van der Waals surface area contributed by atoms with Crippen molar-refractivity contribution in [3.63, 3.8) is 0 Å². The number of hydrogen-bond acceptors (Lipinski definition) is 3. The van der Waals surface area contributed by atoms with Gasteiger partial charge >= 0.3 is 0 Å². The molecule has 0 saturated heterocycles. The second kappa shape index (κ2) is 5.97. The molecule has 0 aliphatic rings. The Labute approximate surface area is 117 Å². The molecule has 0 bridgehead atoms. The SMILES string of the molecule is CCOc1cccc(Oc2cc(Br)cc(F)c2F)n1. The van der Waals surface area contributed by atoms with Crippen LogP contribution in [0.25, 0.3) is 0 Å². The third-order valence-corrected chi connectivity index (χ3v) is 2.62. The molecule has 0 aliphatic carbocycles. The number of ether oxygens (including phenoxy) is 2. The molecule has 2 aromatic rings. The van der Waals surface area contributed by atoms with E-state index >= 15 is 0 Å². The van der Waals surface area contributed by atoms with E-state index in [0.717, 1.165) is 6.07 Å². The van der Waals surface area contributed by atoms with E-state index in [0.29, 0.717) is 17.0 Å².